The molecule has 0 bridgehead atoms. The SMILES string of the molecule is C=C1[C@@H](O)CC(O[Si](C)(C)C(C)(C)C)C[C@]12CCOC(C)(C)O2. The van der Waals surface area contributed by atoms with Crippen LogP contribution < -0.4 is 0 Å². The van der Waals surface area contributed by atoms with E-state index in [1.54, 1.807) is 0 Å². The minimum atomic E-state index is -1.89. The van der Waals surface area contributed by atoms with E-state index in [0.29, 0.717) is 13.0 Å². The number of ether oxygens (including phenoxy) is 2. The van der Waals surface area contributed by atoms with Crippen LogP contribution in [0.25, 0.3) is 0 Å². The fourth-order valence-electron chi connectivity index (χ4n) is 3.34. The standard InChI is InChI=1S/C18H34O4Si/c1-13-15(19)11-14(21-23(7,8)16(2,3)4)12-18(13)9-10-20-17(5,6)22-18/h14-15,19H,1,9-12H2,2-8H3/t14?,15-,18+/m0/s1. The van der Waals surface area contributed by atoms with Crippen LogP contribution in [0.4, 0.5) is 0 Å². The summed E-state index contributed by atoms with van der Waals surface area (Å²) >= 11 is 0. The van der Waals surface area contributed by atoms with Gasteiger partial charge in [0.2, 0.25) is 0 Å². The lowest BCUT2D eigenvalue weighted by Crippen LogP contribution is -2.57. The third-order valence-corrected chi connectivity index (χ3v) is 10.2. The second kappa shape index (κ2) is 5.95. The average molecular weight is 343 g/mol. The summed E-state index contributed by atoms with van der Waals surface area (Å²) in [5.41, 5.74) is 0.246. The van der Waals surface area contributed by atoms with Crippen molar-refractivity contribution < 1.29 is 19.0 Å². The Balaban J connectivity index is 2.21. The van der Waals surface area contributed by atoms with Gasteiger partial charge in [0.25, 0.3) is 0 Å². The van der Waals surface area contributed by atoms with Crippen LogP contribution >= 0.6 is 0 Å². The average Bonchev–Trinajstić information content (AvgIpc) is 2.32. The van der Waals surface area contributed by atoms with Crippen molar-refractivity contribution in [1.29, 1.82) is 0 Å². The minimum Gasteiger partial charge on any atom is -0.414 e. The van der Waals surface area contributed by atoms with Crippen LogP contribution in [0.15, 0.2) is 12.2 Å². The second-order valence-electron chi connectivity index (χ2n) is 9.08. The zero-order valence-corrected chi connectivity index (χ0v) is 16.9. The van der Waals surface area contributed by atoms with Gasteiger partial charge in [0.05, 0.1) is 24.4 Å². The Morgan fingerprint density at radius 3 is 2.43 bits per heavy atom. The molecule has 0 aromatic carbocycles. The van der Waals surface area contributed by atoms with E-state index in [1.807, 2.05) is 13.8 Å². The van der Waals surface area contributed by atoms with Crippen LogP contribution in [0.1, 0.15) is 53.9 Å². The maximum absolute atomic E-state index is 10.6. The molecule has 5 heteroatoms. The smallest absolute Gasteiger partial charge is 0.192 e. The van der Waals surface area contributed by atoms with E-state index in [2.05, 4.69) is 40.4 Å². The molecule has 1 saturated heterocycles. The molecule has 2 fully saturated rings. The summed E-state index contributed by atoms with van der Waals surface area (Å²) in [6.45, 7) is 19.8. The third kappa shape index (κ3) is 3.90. The van der Waals surface area contributed by atoms with Crippen molar-refractivity contribution in [3.63, 3.8) is 0 Å². The molecular formula is C18H34O4Si. The lowest BCUT2D eigenvalue weighted by atomic mass is 9.75. The lowest BCUT2D eigenvalue weighted by Gasteiger charge is -2.52. The van der Waals surface area contributed by atoms with Crippen molar-refractivity contribution in [3.8, 4) is 0 Å². The van der Waals surface area contributed by atoms with Crippen LogP contribution in [0, 0.1) is 0 Å². The Morgan fingerprint density at radius 2 is 1.91 bits per heavy atom. The van der Waals surface area contributed by atoms with Gasteiger partial charge in [-0.15, -0.1) is 0 Å². The zero-order valence-electron chi connectivity index (χ0n) is 15.9. The predicted octanol–water partition coefficient (Wildman–Crippen LogP) is 4.00. The summed E-state index contributed by atoms with van der Waals surface area (Å²) in [4.78, 5) is 0. The first-order valence-electron chi connectivity index (χ1n) is 8.67. The molecule has 1 spiro atoms. The molecule has 1 unspecified atom stereocenters. The Bertz CT molecular complexity index is 466. The summed E-state index contributed by atoms with van der Waals surface area (Å²) in [5, 5.41) is 10.7. The molecule has 3 atom stereocenters. The molecule has 134 valence electrons. The van der Waals surface area contributed by atoms with Crippen LogP contribution in [0.5, 0.6) is 0 Å². The molecule has 2 aliphatic rings. The van der Waals surface area contributed by atoms with Crippen LogP contribution in [-0.4, -0.2) is 43.6 Å². The summed E-state index contributed by atoms with van der Waals surface area (Å²) in [6.07, 6.45) is 1.52. The Morgan fingerprint density at radius 1 is 1.30 bits per heavy atom. The molecule has 0 radical (unpaired) electrons. The minimum absolute atomic E-state index is 0.00490. The van der Waals surface area contributed by atoms with Crippen LogP contribution in [0.3, 0.4) is 0 Å². The lowest BCUT2D eigenvalue weighted by molar-refractivity contribution is -0.309. The molecule has 0 amide bonds. The summed E-state index contributed by atoms with van der Waals surface area (Å²) < 4.78 is 18.5. The Kier molecular flexibility index (Phi) is 4.95. The van der Waals surface area contributed by atoms with Crippen molar-refractivity contribution in [3.05, 3.63) is 12.2 Å². The topological polar surface area (TPSA) is 47.9 Å². The second-order valence-corrected chi connectivity index (χ2v) is 13.8. The summed E-state index contributed by atoms with van der Waals surface area (Å²) in [5.74, 6) is -0.653. The van der Waals surface area contributed by atoms with Gasteiger partial charge in [0, 0.05) is 19.3 Å². The molecule has 23 heavy (non-hydrogen) atoms. The predicted molar refractivity (Wildman–Crippen MR) is 94.9 cm³/mol. The van der Waals surface area contributed by atoms with Gasteiger partial charge >= 0.3 is 0 Å². The third-order valence-electron chi connectivity index (χ3n) is 5.70. The highest BCUT2D eigenvalue weighted by Gasteiger charge is 2.51. The fourth-order valence-corrected chi connectivity index (χ4v) is 4.71. The van der Waals surface area contributed by atoms with Crippen molar-refractivity contribution in [1.82, 2.24) is 0 Å². The Labute approximate surface area is 142 Å². The van der Waals surface area contributed by atoms with Crippen molar-refractivity contribution in [2.24, 2.45) is 0 Å². The first-order valence-corrected chi connectivity index (χ1v) is 11.6. The van der Waals surface area contributed by atoms with E-state index in [1.165, 1.54) is 0 Å². The fraction of sp³-hybridized carbons (Fsp3) is 0.889. The monoisotopic (exact) mass is 342 g/mol. The maximum Gasteiger partial charge on any atom is 0.192 e. The molecule has 0 aromatic rings. The van der Waals surface area contributed by atoms with Gasteiger partial charge in [-0.3, -0.25) is 0 Å². The molecule has 0 aromatic heterocycles. The summed E-state index contributed by atoms with van der Waals surface area (Å²) in [6, 6.07) is 0. The number of aliphatic hydroxyl groups is 1. The first-order chi connectivity index (χ1) is 10.3. The van der Waals surface area contributed by atoms with Gasteiger partial charge in [-0.25, -0.2) is 0 Å². The van der Waals surface area contributed by atoms with Gasteiger partial charge < -0.3 is 19.0 Å². The van der Waals surface area contributed by atoms with Crippen molar-refractivity contribution in [2.75, 3.05) is 6.61 Å². The van der Waals surface area contributed by atoms with Crippen molar-refractivity contribution in [2.45, 2.75) is 95.6 Å². The molecule has 1 saturated carbocycles. The number of hydrogen-bond acceptors (Lipinski definition) is 4. The van der Waals surface area contributed by atoms with E-state index >= 15 is 0 Å². The quantitative estimate of drug-likeness (QED) is 0.609. The first kappa shape index (κ1) is 19.1. The van der Waals surface area contributed by atoms with E-state index in [-0.39, 0.29) is 11.1 Å². The van der Waals surface area contributed by atoms with Gasteiger partial charge in [-0.2, -0.15) is 0 Å². The molecule has 1 heterocycles. The molecule has 1 aliphatic carbocycles. The van der Waals surface area contributed by atoms with Crippen LogP contribution in [-0.2, 0) is 13.9 Å². The Hall–Kier alpha value is -0.203. The molecule has 1 aliphatic heterocycles. The number of hydrogen-bond donors (Lipinski definition) is 1. The highest BCUT2D eigenvalue weighted by molar-refractivity contribution is 6.74. The summed E-state index contributed by atoms with van der Waals surface area (Å²) in [7, 11) is -1.89. The van der Waals surface area contributed by atoms with E-state index in [4.69, 9.17) is 13.9 Å². The maximum atomic E-state index is 10.6. The number of rotatable bonds is 2. The van der Waals surface area contributed by atoms with Gasteiger partial charge in [0.1, 0.15) is 0 Å². The largest absolute Gasteiger partial charge is 0.414 e. The van der Waals surface area contributed by atoms with Gasteiger partial charge in [-0.1, -0.05) is 27.4 Å². The zero-order chi connectivity index (χ0) is 17.7. The highest BCUT2D eigenvalue weighted by atomic mass is 28.4. The highest BCUT2D eigenvalue weighted by Crippen LogP contribution is 2.47. The van der Waals surface area contributed by atoms with E-state index in [9.17, 15) is 5.11 Å². The number of aliphatic hydroxyl groups excluding tert-OH is 1. The van der Waals surface area contributed by atoms with Crippen molar-refractivity contribution >= 4 is 8.32 Å². The van der Waals surface area contributed by atoms with E-state index < -0.39 is 25.8 Å². The van der Waals surface area contributed by atoms with Gasteiger partial charge in [-0.05, 0) is 37.6 Å². The molecular weight excluding hydrogens is 308 g/mol. The van der Waals surface area contributed by atoms with E-state index in [0.717, 1.165) is 18.4 Å². The molecule has 4 nitrogen and oxygen atoms in total. The molecule has 2 rings (SSSR count). The normalized spacial score (nSPS) is 35.6. The van der Waals surface area contributed by atoms with Crippen LogP contribution in [0.2, 0.25) is 18.1 Å². The van der Waals surface area contributed by atoms with Gasteiger partial charge in [0.15, 0.2) is 14.1 Å². The molecule has 1 N–H and O–H groups in total.